The summed E-state index contributed by atoms with van der Waals surface area (Å²) in [5.74, 6) is 0.0892. The number of hydrogen-bond donors (Lipinski definition) is 1. The van der Waals surface area contributed by atoms with Crippen molar-refractivity contribution >= 4 is 21.6 Å². The summed E-state index contributed by atoms with van der Waals surface area (Å²) in [6.45, 7) is 0. The summed E-state index contributed by atoms with van der Waals surface area (Å²) >= 11 is 6.19. The van der Waals surface area contributed by atoms with E-state index in [0.29, 0.717) is 18.5 Å². The molecule has 1 unspecified atom stereocenters. The summed E-state index contributed by atoms with van der Waals surface area (Å²) < 4.78 is 63.6. The van der Waals surface area contributed by atoms with Crippen molar-refractivity contribution < 1.29 is 21.6 Å². The van der Waals surface area contributed by atoms with Crippen LogP contribution in [0.15, 0.2) is 35.4 Å². The molecule has 0 radical (unpaired) electrons. The van der Waals surface area contributed by atoms with Crippen molar-refractivity contribution in [2.45, 2.75) is 48.1 Å². The molecule has 0 aliphatic heterocycles. The summed E-state index contributed by atoms with van der Waals surface area (Å²) in [4.78, 5) is 3.71. The second-order valence-corrected chi connectivity index (χ2v) is 8.53. The first kappa shape index (κ1) is 19.2. The number of nitrogens with two attached hydrogens (primary N) is 1. The maximum absolute atomic E-state index is 13.2. The Morgan fingerprint density at radius 3 is 2.38 bits per heavy atom. The molecule has 0 saturated heterocycles. The van der Waals surface area contributed by atoms with Crippen molar-refractivity contribution in [3.8, 4) is 5.69 Å². The highest BCUT2D eigenvalue weighted by Gasteiger charge is 2.37. The Morgan fingerprint density at radius 2 is 1.85 bits per heavy atom. The van der Waals surface area contributed by atoms with Gasteiger partial charge < -0.3 is 4.57 Å². The van der Waals surface area contributed by atoms with Crippen LogP contribution in [0.2, 0.25) is 0 Å². The molecule has 0 spiro atoms. The smallest absolute Gasteiger partial charge is 0.303 e. The predicted molar refractivity (Wildman–Crippen MR) is 90.8 cm³/mol. The van der Waals surface area contributed by atoms with Crippen LogP contribution in [0.25, 0.3) is 5.69 Å². The zero-order valence-electron chi connectivity index (χ0n) is 13.6. The van der Waals surface area contributed by atoms with Gasteiger partial charge in [-0.05, 0) is 43.5 Å². The molecular formula is C16H17ClF3N3O2S. The van der Waals surface area contributed by atoms with E-state index in [1.54, 1.807) is 0 Å². The molecule has 2 aromatic rings. The van der Waals surface area contributed by atoms with Gasteiger partial charge in [0.15, 0.2) is 5.69 Å². The molecule has 1 fully saturated rings. The minimum Gasteiger partial charge on any atom is -0.303 e. The van der Waals surface area contributed by atoms with Crippen molar-refractivity contribution in [3.63, 3.8) is 0 Å². The highest BCUT2D eigenvalue weighted by atomic mass is 35.5. The third kappa shape index (κ3) is 4.05. The summed E-state index contributed by atoms with van der Waals surface area (Å²) in [5, 5.41) is 4.96. The topological polar surface area (TPSA) is 78.0 Å². The van der Waals surface area contributed by atoms with Gasteiger partial charge in [0.25, 0.3) is 0 Å². The molecule has 2 atom stereocenters. The molecule has 5 nitrogen and oxygen atoms in total. The largest absolute Gasteiger partial charge is 0.434 e. The molecule has 2 N–H and O–H groups in total. The van der Waals surface area contributed by atoms with E-state index in [4.69, 9.17) is 16.7 Å². The Balaban J connectivity index is 2.06. The van der Waals surface area contributed by atoms with E-state index in [-0.39, 0.29) is 22.0 Å². The van der Waals surface area contributed by atoms with Crippen LogP contribution in [0.1, 0.15) is 43.1 Å². The number of sulfonamides is 1. The molecule has 10 heteroatoms. The van der Waals surface area contributed by atoms with Gasteiger partial charge in [-0.15, -0.1) is 11.6 Å². The third-order valence-corrected chi connectivity index (χ3v) is 5.77. The summed E-state index contributed by atoms with van der Waals surface area (Å²) in [6, 6.07) is 5.33. The molecule has 1 aliphatic carbocycles. The Kier molecular flexibility index (Phi) is 5.06. The van der Waals surface area contributed by atoms with Crippen molar-refractivity contribution in [1.82, 2.24) is 9.55 Å². The standard InChI is InChI=1S/C16H17ClF3N3O2S/c17-11-3-1-2-10(8-11)15-22-14(16(18,19)20)9-23(15)12-4-6-13(7-5-12)26(21,24)25/h4-7,9-11H,1-3,8H2,(H2,21,24,25)/t10?,11-/m0/s1. The number of rotatable bonds is 3. The van der Waals surface area contributed by atoms with E-state index >= 15 is 0 Å². The molecule has 1 aromatic carbocycles. The molecule has 1 aromatic heterocycles. The minimum absolute atomic E-state index is 0.0991. The first-order valence-corrected chi connectivity index (χ1v) is 9.98. The van der Waals surface area contributed by atoms with Gasteiger partial charge in [0, 0.05) is 23.2 Å². The molecule has 26 heavy (non-hydrogen) atoms. The maximum atomic E-state index is 13.2. The Morgan fingerprint density at radius 1 is 1.19 bits per heavy atom. The van der Waals surface area contributed by atoms with Crippen LogP contribution in [0, 0.1) is 0 Å². The van der Waals surface area contributed by atoms with E-state index in [1.807, 2.05) is 0 Å². The van der Waals surface area contributed by atoms with Crippen molar-refractivity contribution in [2.24, 2.45) is 5.14 Å². The number of aromatic nitrogens is 2. The van der Waals surface area contributed by atoms with E-state index in [2.05, 4.69) is 4.98 Å². The monoisotopic (exact) mass is 407 g/mol. The number of benzene rings is 1. The molecule has 142 valence electrons. The Hall–Kier alpha value is -1.58. The lowest BCUT2D eigenvalue weighted by atomic mass is 9.88. The van der Waals surface area contributed by atoms with Crippen molar-refractivity contribution in [3.05, 3.63) is 42.0 Å². The second kappa shape index (κ2) is 6.86. The number of primary sulfonamides is 1. The predicted octanol–water partition coefficient (Wildman–Crippen LogP) is 3.80. The molecule has 0 bridgehead atoms. The van der Waals surface area contributed by atoms with Crippen molar-refractivity contribution in [2.75, 3.05) is 0 Å². The first-order chi connectivity index (χ1) is 12.1. The summed E-state index contributed by atoms with van der Waals surface area (Å²) in [6.07, 6.45) is -0.752. The third-order valence-electron chi connectivity index (χ3n) is 4.44. The number of imidazole rings is 1. The molecule has 1 aliphatic rings. The number of nitrogens with zero attached hydrogens (tertiary/aromatic N) is 2. The van der Waals surface area contributed by atoms with Crippen LogP contribution in [0.5, 0.6) is 0 Å². The average Bonchev–Trinajstić information content (AvgIpc) is 3.00. The Bertz CT molecular complexity index is 894. The normalized spacial score (nSPS) is 21.7. The van der Waals surface area contributed by atoms with Gasteiger partial charge in [0.1, 0.15) is 5.82 Å². The summed E-state index contributed by atoms with van der Waals surface area (Å²) in [5.41, 5.74) is -0.605. The van der Waals surface area contributed by atoms with Gasteiger partial charge in [-0.3, -0.25) is 0 Å². The summed E-state index contributed by atoms with van der Waals surface area (Å²) in [7, 11) is -3.88. The van der Waals surface area contributed by atoms with Crippen molar-refractivity contribution in [1.29, 1.82) is 0 Å². The van der Waals surface area contributed by atoms with Crippen LogP contribution in [-0.2, 0) is 16.2 Å². The number of halogens is 4. The number of alkyl halides is 4. The SMILES string of the molecule is NS(=O)(=O)c1ccc(-n2cc(C(F)(F)F)nc2C2CCC[C@H](Cl)C2)cc1. The van der Waals surface area contributed by atoms with E-state index in [0.717, 1.165) is 19.0 Å². The van der Waals surface area contributed by atoms with Gasteiger partial charge in [-0.2, -0.15) is 13.2 Å². The highest BCUT2D eigenvalue weighted by molar-refractivity contribution is 7.89. The fourth-order valence-corrected chi connectivity index (χ4v) is 4.07. The Labute approximate surface area is 154 Å². The van der Waals surface area contributed by atoms with Gasteiger partial charge in [-0.1, -0.05) is 6.42 Å². The van der Waals surface area contributed by atoms with Gasteiger partial charge in [0.05, 0.1) is 4.90 Å². The van der Waals surface area contributed by atoms with E-state index in [1.165, 1.54) is 28.8 Å². The molecule has 0 amide bonds. The molecule has 1 saturated carbocycles. The van der Waals surface area contributed by atoms with E-state index in [9.17, 15) is 21.6 Å². The van der Waals surface area contributed by atoms with Crippen LogP contribution in [0.4, 0.5) is 13.2 Å². The molecular weight excluding hydrogens is 391 g/mol. The molecule has 1 heterocycles. The van der Waals surface area contributed by atoms with Gasteiger partial charge in [0.2, 0.25) is 10.0 Å². The highest BCUT2D eigenvalue weighted by Crippen LogP contribution is 2.38. The lowest BCUT2D eigenvalue weighted by molar-refractivity contribution is -0.141. The lowest BCUT2D eigenvalue weighted by Gasteiger charge is -2.25. The van der Waals surface area contributed by atoms with Gasteiger partial charge in [-0.25, -0.2) is 18.5 Å². The first-order valence-electron chi connectivity index (χ1n) is 7.99. The van der Waals surface area contributed by atoms with E-state index < -0.39 is 21.9 Å². The zero-order chi connectivity index (χ0) is 19.1. The molecule has 3 rings (SSSR count). The number of hydrogen-bond acceptors (Lipinski definition) is 3. The fraction of sp³-hybridized carbons (Fsp3) is 0.438. The maximum Gasteiger partial charge on any atom is 0.434 e. The quantitative estimate of drug-likeness (QED) is 0.786. The fourth-order valence-electron chi connectivity index (χ4n) is 3.19. The average molecular weight is 408 g/mol. The van der Waals surface area contributed by atoms with Gasteiger partial charge >= 0.3 is 6.18 Å². The van der Waals surface area contributed by atoms with Crippen LogP contribution in [-0.4, -0.2) is 23.3 Å². The van der Waals surface area contributed by atoms with Crippen LogP contribution >= 0.6 is 11.6 Å². The second-order valence-electron chi connectivity index (χ2n) is 6.35. The van der Waals surface area contributed by atoms with Crippen LogP contribution in [0.3, 0.4) is 0 Å². The van der Waals surface area contributed by atoms with Crippen LogP contribution < -0.4 is 5.14 Å². The minimum atomic E-state index is -4.57. The zero-order valence-corrected chi connectivity index (χ0v) is 15.2. The lowest BCUT2D eigenvalue weighted by Crippen LogP contribution is -2.17.